The van der Waals surface area contributed by atoms with E-state index in [1.807, 2.05) is 4.90 Å². The largest absolute Gasteiger partial charge is 0.401 e. The van der Waals surface area contributed by atoms with Crippen molar-refractivity contribution in [3.8, 4) is 0 Å². The summed E-state index contributed by atoms with van der Waals surface area (Å²) < 4.78 is 36.4. The summed E-state index contributed by atoms with van der Waals surface area (Å²) in [5.41, 5.74) is 2.42. The molecule has 0 saturated carbocycles. The molecule has 1 aliphatic heterocycles. The average molecular weight is 239 g/mol. The maximum atomic E-state index is 12.1. The van der Waals surface area contributed by atoms with Crippen LogP contribution in [-0.4, -0.2) is 61.7 Å². The zero-order valence-corrected chi connectivity index (χ0v) is 9.09. The zero-order valence-electron chi connectivity index (χ0n) is 9.09. The third-order valence-electron chi connectivity index (χ3n) is 2.42. The predicted molar refractivity (Wildman–Crippen MR) is 54.8 cm³/mol. The molecule has 1 saturated heterocycles. The highest BCUT2D eigenvalue weighted by Crippen LogP contribution is 2.17. The van der Waals surface area contributed by atoms with E-state index in [9.17, 15) is 13.2 Å². The minimum absolute atomic E-state index is 0.361. The van der Waals surface area contributed by atoms with Crippen LogP contribution in [0.3, 0.4) is 0 Å². The Morgan fingerprint density at radius 1 is 1.31 bits per heavy atom. The van der Waals surface area contributed by atoms with Gasteiger partial charge in [0.15, 0.2) is 0 Å². The van der Waals surface area contributed by atoms with E-state index in [1.54, 1.807) is 7.05 Å². The lowest BCUT2D eigenvalue weighted by Crippen LogP contribution is -2.55. The van der Waals surface area contributed by atoms with Gasteiger partial charge in [0, 0.05) is 33.2 Å². The van der Waals surface area contributed by atoms with Gasteiger partial charge in [-0.3, -0.25) is 15.3 Å². The summed E-state index contributed by atoms with van der Waals surface area (Å²) in [6, 6.07) is 0. The monoisotopic (exact) mass is 239 g/mol. The highest BCUT2D eigenvalue weighted by atomic mass is 19.4. The Bertz CT molecular complexity index is 245. The van der Waals surface area contributed by atoms with Gasteiger partial charge in [-0.05, 0) is 0 Å². The van der Waals surface area contributed by atoms with E-state index in [4.69, 9.17) is 5.84 Å². The Morgan fingerprint density at radius 3 is 2.25 bits per heavy atom. The Hall–Kier alpha value is -1.02. The summed E-state index contributed by atoms with van der Waals surface area (Å²) in [6.45, 7) is 0.857. The van der Waals surface area contributed by atoms with Gasteiger partial charge in [0.25, 0.3) is 0 Å². The number of hydrazine groups is 1. The molecule has 0 amide bonds. The first kappa shape index (κ1) is 13.0. The Kier molecular flexibility index (Phi) is 4.36. The molecule has 5 nitrogen and oxygen atoms in total. The molecule has 1 fully saturated rings. The van der Waals surface area contributed by atoms with E-state index in [0.29, 0.717) is 32.1 Å². The first-order valence-electron chi connectivity index (χ1n) is 4.93. The molecular weight excluding hydrogens is 223 g/mol. The van der Waals surface area contributed by atoms with E-state index < -0.39 is 12.7 Å². The second kappa shape index (κ2) is 5.35. The third kappa shape index (κ3) is 3.86. The van der Waals surface area contributed by atoms with Crippen molar-refractivity contribution in [1.82, 2.24) is 15.2 Å². The first-order chi connectivity index (χ1) is 7.46. The van der Waals surface area contributed by atoms with Crippen molar-refractivity contribution in [2.45, 2.75) is 6.18 Å². The molecular formula is C8H16F3N5. The summed E-state index contributed by atoms with van der Waals surface area (Å²) in [7, 11) is 1.58. The fraction of sp³-hybridized carbons (Fsp3) is 0.875. The molecule has 0 unspecified atom stereocenters. The fourth-order valence-corrected chi connectivity index (χ4v) is 1.67. The van der Waals surface area contributed by atoms with Crippen LogP contribution >= 0.6 is 0 Å². The Labute approximate surface area is 92.1 Å². The van der Waals surface area contributed by atoms with Gasteiger partial charge in [-0.25, -0.2) is 5.84 Å². The summed E-state index contributed by atoms with van der Waals surface area (Å²) >= 11 is 0. The van der Waals surface area contributed by atoms with Crippen LogP contribution in [0.5, 0.6) is 0 Å². The van der Waals surface area contributed by atoms with Gasteiger partial charge in [0.1, 0.15) is 0 Å². The minimum atomic E-state index is -4.13. The maximum absolute atomic E-state index is 12.1. The standard InChI is InChI=1S/C8H16F3N5/c1-13-7(14-12)16-4-2-15(3-5-16)6-8(9,10)11/h2-6,12H2,1H3,(H,13,14). The molecule has 16 heavy (non-hydrogen) atoms. The number of piperazine rings is 1. The van der Waals surface area contributed by atoms with Crippen LogP contribution in [0, 0.1) is 0 Å². The molecule has 1 heterocycles. The van der Waals surface area contributed by atoms with Gasteiger partial charge < -0.3 is 4.90 Å². The van der Waals surface area contributed by atoms with Crippen LogP contribution in [0.1, 0.15) is 0 Å². The van der Waals surface area contributed by atoms with Crippen molar-refractivity contribution in [3.05, 3.63) is 0 Å². The quantitative estimate of drug-likeness (QED) is 0.283. The smallest absolute Gasteiger partial charge is 0.339 e. The second-order valence-corrected chi connectivity index (χ2v) is 3.57. The number of nitrogens with two attached hydrogens (primary N) is 1. The molecule has 1 aliphatic rings. The molecule has 3 N–H and O–H groups in total. The summed E-state index contributed by atoms with van der Waals surface area (Å²) in [5.74, 6) is 5.74. The van der Waals surface area contributed by atoms with Gasteiger partial charge in [-0.15, -0.1) is 0 Å². The lowest BCUT2D eigenvalue weighted by Gasteiger charge is -2.36. The van der Waals surface area contributed by atoms with Gasteiger partial charge >= 0.3 is 6.18 Å². The number of nitrogens with one attached hydrogen (secondary N) is 1. The molecule has 1 rings (SSSR count). The maximum Gasteiger partial charge on any atom is 0.401 e. The number of rotatable bonds is 1. The van der Waals surface area contributed by atoms with Crippen LogP contribution in [0.25, 0.3) is 0 Å². The number of alkyl halides is 3. The van der Waals surface area contributed by atoms with Crippen molar-refractivity contribution in [2.24, 2.45) is 10.8 Å². The molecule has 94 valence electrons. The zero-order chi connectivity index (χ0) is 12.2. The highest BCUT2D eigenvalue weighted by Gasteiger charge is 2.32. The van der Waals surface area contributed by atoms with Crippen LogP contribution in [0.4, 0.5) is 13.2 Å². The van der Waals surface area contributed by atoms with Crippen molar-refractivity contribution < 1.29 is 13.2 Å². The van der Waals surface area contributed by atoms with Crippen molar-refractivity contribution in [2.75, 3.05) is 39.8 Å². The van der Waals surface area contributed by atoms with Crippen molar-refractivity contribution in [1.29, 1.82) is 0 Å². The minimum Gasteiger partial charge on any atom is -0.339 e. The van der Waals surface area contributed by atoms with Gasteiger partial charge in [-0.1, -0.05) is 0 Å². The number of hydrogen-bond donors (Lipinski definition) is 2. The average Bonchev–Trinajstić information content (AvgIpc) is 2.20. The second-order valence-electron chi connectivity index (χ2n) is 3.57. The van der Waals surface area contributed by atoms with Crippen LogP contribution in [0.2, 0.25) is 0 Å². The van der Waals surface area contributed by atoms with Crippen molar-refractivity contribution >= 4 is 5.96 Å². The van der Waals surface area contributed by atoms with E-state index in [1.165, 1.54) is 4.90 Å². The summed E-state index contributed by atoms with van der Waals surface area (Å²) in [5, 5.41) is 0. The summed E-state index contributed by atoms with van der Waals surface area (Å²) in [4.78, 5) is 7.10. The van der Waals surface area contributed by atoms with E-state index in [2.05, 4.69) is 10.4 Å². The lowest BCUT2D eigenvalue weighted by atomic mass is 10.3. The number of nitrogens with zero attached hydrogens (tertiary/aromatic N) is 3. The predicted octanol–water partition coefficient (Wildman–Crippen LogP) is -0.385. The molecule has 0 aromatic heterocycles. The number of aliphatic imine (C=N–C) groups is 1. The summed E-state index contributed by atoms with van der Waals surface area (Å²) in [6.07, 6.45) is -4.13. The molecule has 0 aromatic rings. The molecule has 8 heteroatoms. The van der Waals surface area contributed by atoms with Crippen molar-refractivity contribution in [3.63, 3.8) is 0 Å². The molecule has 0 spiro atoms. The molecule has 0 radical (unpaired) electrons. The van der Waals surface area contributed by atoms with Crippen LogP contribution < -0.4 is 11.3 Å². The van der Waals surface area contributed by atoms with Gasteiger partial charge in [0.2, 0.25) is 5.96 Å². The van der Waals surface area contributed by atoms with Crippen LogP contribution in [0.15, 0.2) is 4.99 Å². The normalized spacial score (nSPS) is 20.1. The fourth-order valence-electron chi connectivity index (χ4n) is 1.67. The third-order valence-corrected chi connectivity index (χ3v) is 2.42. The van der Waals surface area contributed by atoms with Crippen LogP contribution in [-0.2, 0) is 0 Å². The van der Waals surface area contributed by atoms with Gasteiger partial charge in [0.05, 0.1) is 6.54 Å². The molecule has 0 aromatic carbocycles. The molecule has 0 atom stereocenters. The number of halogens is 3. The Balaban J connectivity index is 2.40. The SMILES string of the molecule is CN=C(NN)N1CCN(CC(F)(F)F)CC1. The topological polar surface area (TPSA) is 56.9 Å². The van der Waals surface area contributed by atoms with E-state index in [-0.39, 0.29) is 0 Å². The van der Waals surface area contributed by atoms with Gasteiger partial charge in [-0.2, -0.15) is 13.2 Å². The molecule has 0 aliphatic carbocycles. The first-order valence-corrected chi connectivity index (χ1v) is 4.93. The number of guanidine groups is 1. The number of hydrogen-bond acceptors (Lipinski definition) is 3. The molecule has 0 bridgehead atoms. The lowest BCUT2D eigenvalue weighted by molar-refractivity contribution is -0.148. The Morgan fingerprint density at radius 2 is 1.88 bits per heavy atom. The van der Waals surface area contributed by atoms with E-state index >= 15 is 0 Å². The van der Waals surface area contributed by atoms with E-state index in [0.717, 1.165) is 0 Å². The highest BCUT2D eigenvalue weighted by molar-refractivity contribution is 5.79.